The Hall–Kier alpha value is -1.70. The largest absolute Gasteiger partial charge is 0.207 e. The van der Waals surface area contributed by atoms with Gasteiger partial charge in [0.2, 0.25) is 0 Å². The zero-order chi connectivity index (χ0) is 18.5. The third kappa shape index (κ3) is 6.23. The summed E-state index contributed by atoms with van der Waals surface area (Å²) in [5, 5.41) is 0. The van der Waals surface area contributed by atoms with Crippen molar-refractivity contribution in [1.82, 2.24) is 0 Å². The van der Waals surface area contributed by atoms with Crippen LogP contribution in [0.25, 0.3) is 0 Å². The lowest BCUT2D eigenvalue weighted by molar-refractivity contribution is 0.608. The molecule has 0 radical (unpaired) electrons. The maximum Gasteiger partial charge on any atom is 0.123 e. The topological polar surface area (TPSA) is 0 Å². The lowest BCUT2D eigenvalue weighted by Crippen LogP contribution is -1.94. The van der Waals surface area contributed by atoms with Crippen LogP contribution in [-0.2, 0) is 0 Å². The van der Waals surface area contributed by atoms with Gasteiger partial charge in [-0.05, 0) is 71.9 Å². The molecule has 140 valence electrons. The van der Waals surface area contributed by atoms with Crippen molar-refractivity contribution in [3.63, 3.8) is 0 Å². The summed E-state index contributed by atoms with van der Waals surface area (Å²) in [5.41, 5.74) is 2.54. The lowest BCUT2D eigenvalue weighted by Gasteiger charge is -2.10. The maximum absolute atomic E-state index is 12.6. The molecule has 0 spiro atoms. The molecule has 0 aromatic heterocycles. The molecule has 2 unspecified atom stereocenters. The Morgan fingerprint density at radius 2 is 0.962 bits per heavy atom. The van der Waals surface area contributed by atoms with Crippen LogP contribution < -0.4 is 0 Å². The molecular formula is C24H30F2. The Kier molecular flexibility index (Phi) is 6.45. The third-order valence-electron chi connectivity index (χ3n) is 5.65. The molecular weight excluding hydrogens is 326 g/mol. The molecule has 4 rings (SSSR count). The molecule has 0 saturated heterocycles. The van der Waals surface area contributed by atoms with Crippen LogP contribution in [0.4, 0.5) is 8.78 Å². The number of halogens is 2. The molecule has 0 heterocycles. The Balaban J connectivity index is 0.000000151. The average molecular weight is 357 g/mol. The highest BCUT2D eigenvalue weighted by atomic mass is 19.1. The number of benzene rings is 2. The van der Waals surface area contributed by atoms with Crippen LogP contribution in [-0.4, -0.2) is 0 Å². The van der Waals surface area contributed by atoms with E-state index in [1.807, 2.05) is 24.3 Å². The second-order valence-corrected chi connectivity index (χ2v) is 8.26. The Bertz CT molecular complexity index is 605. The first kappa shape index (κ1) is 19.1. The monoisotopic (exact) mass is 356 g/mol. The number of rotatable bonds is 6. The normalized spacial score (nSPS) is 18.6. The van der Waals surface area contributed by atoms with E-state index in [0.29, 0.717) is 11.8 Å². The van der Waals surface area contributed by atoms with Crippen LogP contribution in [0.15, 0.2) is 48.5 Å². The van der Waals surface area contributed by atoms with Gasteiger partial charge in [-0.3, -0.25) is 0 Å². The van der Waals surface area contributed by atoms with Gasteiger partial charge in [-0.15, -0.1) is 0 Å². The first-order chi connectivity index (χ1) is 12.5. The fraction of sp³-hybridized carbons (Fsp3) is 0.500. The molecule has 2 heteroatoms. The van der Waals surface area contributed by atoms with Gasteiger partial charge in [0.25, 0.3) is 0 Å². The maximum atomic E-state index is 12.6. The van der Waals surface area contributed by atoms with Crippen LogP contribution in [0.1, 0.15) is 75.3 Å². The molecule has 2 aromatic rings. The van der Waals surface area contributed by atoms with E-state index in [2.05, 4.69) is 13.8 Å². The minimum atomic E-state index is -0.137. The average Bonchev–Trinajstić information content (AvgIpc) is 3.53. The van der Waals surface area contributed by atoms with Crippen molar-refractivity contribution in [2.75, 3.05) is 0 Å². The molecule has 2 atom stereocenters. The second-order valence-electron chi connectivity index (χ2n) is 8.26. The van der Waals surface area contributed by atoms with E-state index >= 15 is 0 Å². The summed E-state index contributed by atoms with van der Waals surface area (Å²) in [6, 6.07) is 13.8. The molecule has 2 fully saturated rings. The van der Waals surface area contributed by atoms with Gasteiger partial charge in [-0.1, -0.05) is 63.8 Å². The van der Waals surface area contributed by atoms with E-state index < -0.39 is 0 Å². The van der Waals surface area contributed by atoms with Crippen LogP contribution in [0, 0.1) is 23.5 Å². The van der Waals surface area contributed by atoms with Gasteiger partial charge in [-0.2, -0.15) is 0 Å². The highest BCUT2D eigenvalue weighted by molar-refractivity contribution is 5.20. The molecule has 26 heavy (non-hydrogen) atoms. The van der Waals surface area contributed by atoms with Gasteiger partial charge >= 0.3 is 0 Å². The van der Waals surface area contributed by atoms with Crippen molar-refractivity contribution in [3.8, 4) is 0 Å². The summed E-state index contributed by atoms with van der Waals surface area (Å²) in [5.74, 6) is 2.80. The van der Waals surface area contributed by atoms with Gasteiger partial charge in [0.1, 0.15) is 11.6 Å². The summed E-state index contributed by atoms with van der Waals surface area (Å²) >= 11 is 0. The molecule has 2 aliphatic rings. The van der Waals surface area contributed by atoms with Crippen LogP contribution >= 0.6 is 0 Å². The smallest absolute Gasteiger partial charge is 0.123 e. The summed E-state index contributed by atoms with van der Waals surface area (Å²) < 4.78 is 25.2. The van der Waals surface area contributed by atoms with E-state index in [1.165, 1.54) is 49.7 Å². The molecule has 0 N–H and O–H groups in total. The van der Waals surface area contributed by atoms with E-state index in [9.17, 15) is 8.78 Å². The quantitative estimate of drug-likeness (QED) is 0.504. The summed E-state index contributed by atoms with van der Waals surface area (Å²) in [4.78, 5) is 0. The first-order valence-electron chi connectivity index (χ1n) is 10.0. The Morgan fingerprint density at radius 1 is 0.654 bits per heavy atom. The minimum Gasteiger partial charge on any atom is -0.207 e. The van der Waals surface area contributed by atoms with Gasteiger partial charge in [-0.25, -0.2) is 8.78 Å². The number of hydrogen-bond acceptors (Lipinski definition) is 0. The molecule has 0 bridgehead atoms. The van der Waals surface area contributed by atoms with Gasteiger partial charge in [0.15, 0.2) is 0 Å². The first-order valence-corrected chi connectivity index (χ1v) is 10.0. The van der Waals surface area contributed by atoms with Crippen molar-refractivity contribution in [1.29, 1.82) is 0 Å². The van der Waals surface area contributed by atoms with E-state index in [1.54, 1.807) is 24.3 Å². The highest BCUT2D eigenvalue weighted by Crippen LogP contribution is 2.39. The van der Waals surface area contributed by atoms with E-state index in [0.717, 1.165) is 11.8 Å². The Morgan fingerprint density at radius 3 is 1.23 bits per heavy atom. The fourth-order valence-corrected chi connectivity index (χ4v) is 3.56. The zero-order valence-corrected chi connectivity index (χ0v) is 15.9. The van der Waals surface area contributed by atoms with Crippen molar-refractivity contribution in [2.45, 2.75) is 64.2 Å². The van der Waals surface area contributed by atoms with Crippen molar-refractivity contribution < 1.29 is 8.78 Å². The van der Waals surface area contributed by atoms with Crippen molar-refractivity contribution in [3.05, 3.63) is 71.3 Å². The predicted molar refractivity (Wildman–Crippen MR) is 104 cm³/mol. The Labute approximate surface area is 156 Å². The van der Waals surface area contributed by atoms with E-state index in [-0.39, 0.29) is 11.6 Å². The van der Waals surface area contributed by atoms with Gasteiger partial charge < -0.3 is 0 Å². The molecule has 0 amide bonds. The molecule has 0 aliphatic heterocycles. The van der Waals surface area contributed by atoms with Gasteiger partial charge in [0.05, 0.1) is 0 Å². The molecule has 2 saturated carbocycles. The fourth-order valence-electron chi connectivity index (χ4n) is 3.56. The van der Waals surface area contributed by atoms with Crippen LogP contribution in [0.3, 0.4) is 0 Å². The van der Waals surface area contributed by atoms with Gasteiger partial charge in [0, 0.05) is 0 Å². The minimum absolute atomic E-state index is 0.137. The molecule has 2 aromatic carbocycles. The van der Waals surface area contributed by atoms with Crippen molar-refractivity contribution in [2.24, 2.45) is 11.8 Å². The van der Waals surface area contributed by atoms with Crippen LogP contribution in [0.2, 0.25) is 0 Å². The predicted octanol–water partition coefficient (Wildman–Crippen LogP) is 7.46. The highest BCUT2D eigenvalue weighted by Gasteiger charge is 2.24. The van der Waals surface area contributed by atoms with E-state index in [4.69, 9.17) is 0 Å². The second kappa shape index (κ2) is 8.79. The molecule has 2 aliphatic carbocycles. The summed E-state index contributed by atoms with van der Waals surface area (Å²) in [6.07, 6.45) is 8.12. The van der Waals surface area contributed by atoms with Crippen LogP contribution in [0.5, 0.6) is 0 Å². The lowest BCUT2D eigenvalue weighted by atomic mass is 9.95. The standard InChI is InChI=1S/2C12H15F/c2*1-9(8-10-2-3-10)11-4-6-12(13)7-5-11/h2*4-7,9-10H,2-3,8H2,1H3. The third-order valence-corrected chi connectivity index (χ3v) is 5.65. The summed E-state index contributed by atoms with van der Waals surface area (Å²) in [6.45, 7) is 4.46. The molecule has 0 nitrogen and oxygen atoms in total. The summed E-state index contributed by atoms with van der Waals surface area (Å²) in [7, 11) is 0. The zero-order valence-electron chi connectivity index (χ0n) is 15.9. The van der Waals surface area contributed by atoms with Crippen molar-refractivity contribution >= 4 is 0 Å². The SMILES string of the molecule is CC(CC1CC1)c1ccc(F)cc1.CC(CC1CC1)c1ccc(F)cc1. The number of hydrogen-bond donors (Lipinski definition) is 0.